The molecule has 1 heterocycles. The van der Waals surface area contributed by atoms with E-state index < -0.39 is 11.9 Å². The molecule has 1 saturated heterocycles. The molecule has 3 N–H and O–H groups in total. The van der Waals surface area contributed by atoms with Gasteiger partial charge in [-0.05, 0) is 31.6 Å². The van der Waals surface area contributed by atoms with Crippen LogP contribution in [0.1, 0.15) is 39.5 Å². The van der Waals surface area contributed by atoms with Crippen LogP contribution in [0, 0.1) is 11.8 Å². The number of ether oxygens (including phenoxy) is 1. The Kier molecular flexibility index (Phi) is 7.36. The molecule has 2 amide bonds. The predicted octanol–water partition coefficient (Wildman–Crippen LogP) is 1.60. The van der Waals surface area contributed by atoms with Gasteiger partial charge in [0.25, 0.3) is 0 Å². The van der Waals surface area contributed by atoms with Crippen molar-refractivity contribution in [3.8, 4) is 0 Å². The molecule has 0 aromatic heterocycles. The molecule has 0 aromatic carbocycles. The van der Waals surface area contributed by atoms with E-state index in [1.54, 1.807) is 0 Å². The van der Waals surface area contributed by atoms with Crippen LogP contribution in [-0.2, 0) is 9.53 Å². The number of carbonyl (C=O) groups excluding carboxylic acids is 1. The van der Waals surface area contributed by atoms with E-state index in [0.29, 0.717) is 13.0 Å². The molecule has 0 aliphatic carbocycles. The Balaban J connectivity index is 2.21. The molecule has 2 unspecified atom stereocenters. The number of hydrogen-bond donors (Lipinski definition) is 3. The van der Waals surface area contributed by atoms with Crippen LogP contribution in [0.3, 0.4) is 0 Å². The van der Waals surface area contributed by atoms with Gasteiger partial charge in [-0.3, -0.25) is 4.79 Å². The van der Waals surface area contributed by atoms with Crippen LogP contribution in [0.15, 0.2) is 0 Å². The Morgan fingerprint density at radius 1 is 1.30 bits per heavy atom. The summed E-state index contributed by atoms with van der Waals surface area (Å²) in [5, 5.41) is 14.4. The van der Waals surface area contributed by atoms with Crippen molar-refractivity contribution in [3.63, 3.8) is 0 Å². The molecule has 0 spiro atoms. The summed E-state index contributed by atoms with van der Waals surface area (Å²) < 4.78 is 5.51. The maximum absolute atomic E-state index is 11.6. The molecular weight excluding hydrogens is 260 g/mol. The molecule has 1 rings (SSSR count). The fraction of sp³-hybridized carbons (Fsp3) is 0.857. The predicted molar refractivity (Wildman–Crippen MR) is 75.6 cm³/mol. The van der Waals surface area contributed by atoms with Gasteiger partial charge in [0.2, 0.25) is 0 Å². The summed E-state index contributed by atoms with van der Waals surface area (Å²) in [6, 6.07) is -0.325. The second-order valence-corrected chi connectivity index (χ2v) is 5.74. The van der Waals surface area contributed by atoms with Crippen molar-refractivity contribution in [1.29, 1.82) is 0 Å². The first-order valence-electron chi connectivity index (χ1n) is 7.35. The number of nitrogens with one attached hydrogen (secondary N) is 2. The summed E-state index contributed by atoms with van der Waals surface area (Å²) in [5.74, 6) is -1.11. The average molecular weight is 286 g/mol. The fourth-order valence-corrected chi connectivity index (χ4v) is 2.29. The highest BCUT2D eigenvalue weighted by molar-refractivity contribution is 5.75. The number of aliphatic carboxylic acids is 1. The van der Waals surface area contributed by atoms with Crippen molar-refractivity contribution in [2.75, 3.05) is 19.7 Å². The first-order valence-corrected chi connectivity index (χ1v) is 7.35. The number of carbonyl (C=O) groups is 2. The number of hydrogen-bond acceptors (Lipinski definition) is 3. The third kappa shape index (κ3) is 6.75. The number of carboxylic acids is 1. The van der Waals surface area contributed by atoms with Gasteiger partial charge in [-0.2, -0.15) is 0 Å². The first-order chi connectivity index (χ1) is 9.49. The van der Waals surface area contributed by atoms with Crippen molar-refractivity contribution in [2.45, 2.75) is 45.6 Å². The summed E-state index contributed by atoms with van der Waals surface area (Å²) >= 11 is 0. The van der Waals surface area contributed by atoms with Crippen LogP contribution in [-0.4, -0.2) is 42.9 Å². The molecule has 0 radical (unpaired) electrons. The van der Waals surface area contributed by atoms with E-state index in [0.717, 1.165) is 25.9 Å². The minimum absolute atomic E-state index is 0.0837. The summed E-state index contributed by atoms with van der Waals surface area (Å²) in [4.78, 5) is 22.7. The maximum atomic E-state index is 11.6. The lowest BCUT2D eigenvalue weighted by Crippen LogP contribution is -2.43. The number of carboxylic acid groups (broad SMARTS) is 1. The van der Waals surface area contributed by atoms with E-state index in [9.17, 15) is 9.59 Å². The van der Waals surface area contributed by atoms with Crippen molar-refractivity contribution in [1.82, 2.24) is 10.6 Å². The molecule has 0 aromatic rings. The molecule has 1 fully saturated rings. The lowest BCUT2D eigenvalue weighted by Gasteiger charge is -2.23. The number of rotatable bonds is 7. The molecule has 6 heteroatoms. The fourth-order valence-electron chi connectivity index (χ4n) is 2.29. The molecule has 0 bridgehead atoms. The smallest absolute Gasteiger partial charge is 0.314 e. The van der Waals surface area contributed by atoms with E-state index >= 15 is 0 Å². The number of amides is 2. The van der Waals surface area contributed by atoms with Gasteiger partial charge in [0.1, 0.15) is 0 Å². The van der Waals surface area contributed by atoms with Gasteiger partial charge >= 0.3 is 12.0 Å². The lowest BCUT2D eigenvalue weighted by atomic mass is 9.97. The van der Waals surface area contributed by atoms with Gasteiger partial charge in [-0.25, -0.2) is 4.79 Å². The second-order valence-electron chi connectivity index (χ2n) is 5.74. The topological polar surface area (TPSA) is 87.7 Å². The van der Waals surface area contributed by atoms with Gasteiger partial charge in [0.15, 0.2) is 0 Å². The normalized spacial score (nSPS) is 20.4. The number of urea groups is 1. The van der Waals surface area contributed by atoms with Gasteiger partial charge in [0.05, 0.1) is 12.0 Å². The largest absolute Gasteiger partial charge is 0.481 e. The SMILES string of the molecule is CC(C)CC(CNC(=O)NCC1CCCCO1)C(=O)O. The van der Waals surface area contributed by atoms with E-state index in [2.05, 4.69) is 10.6 Å². The zero-order chi connectivity index (χ0) is 15.0. The van der Waals surface area contributed by atoms with Crippen LogP contribution >= 0.6 is 0 Å². The minimum Gasteiger partial charge on any atom is -0.481 e. The third-order valence-corrected chi connectivity index (χ3v) is 3.38. The van der Waals surface area contributed by atoms with Gasteiger partial charge in [-0.15, -0.1) is 0 Å². The minimum atomic E-state index is -0.866. The van der Waals surface area contributed by atoms with E-state index in [-0.39, 0.29) is 24.6 Å². The molecule has 1 aliphatic heterocycles. The highest BCUT2D eigenvalue weighted by Gasteiger charge is 2.20. The molecule has 6 nitrogen and oxygen atoms in total. The zero-order valence-corrected chi connectivity index (χ0v) is 12.4. The summed E-state index contributed by atoms with van der Waals surface area (Å²) in [6.07, 6.45) is 3.81. The van der Waals surface area contributed by atoms with Gasteiger partial charge < -0.3 is 20.5 Å². The zero-order valence-electron chi connectivity index (χ0n) is 12.4. The Labute approximate surface area is 120 Å². The lowest BCUT2D eigenvalue weighted by molar-refractivity contribution is -0.142. The van der Waals surface area contributed by atoms with E-state index in [1.807, 2.05) is 13.8 Å². The highest BCUT2D eigenvalue weighted by atomic mass is 16.5. The standard InChI is InChI=1S/C14H26N2O4/c1-10(2)7-11(13(17)18)8-15-14(19)16-9-12-5-3-4-6-20-12/h10-12H,3-9H2,1-2H3,(H,17,18)(H2,15,16,19). The van der Waals surface area contributed by atoms with E-state index in [1.165, 1.54) is 0 Å². The Bertz CT molecular complexity index is 314. The van der Waals surface area contributed by atoms with Gasteiger partial charge in [0, 0.05) is 19.7 Å². The first kappa shape index (κ1) is 16.8. The van der Waals surface area contributed by atoms with Crippen molar-refractivity contribution in [3.05, 3.63) is 0 Å². The van der Waals surface area contributed by atoms with Crippen LogP contribution in [0.5, 0.6) is 0 Å². The van der Waals surface area contributed by atoms with E-state index in [4.69, 9.17) is 9.84 Å². The molecule has 20 heavy (non-hydrogen) atoms. The van der Waals surface area contributed by atoms with Crippen LogP contribution in [0.2, 0.25) is 0 Å². The second kappa shape index (κ2) is 8.79. The van der Waals surface area contributed by atoms with Gasteiger partial charge in [-0.1, -0.05) is 13.8 Å². The Morgan fingerprint density at radius 3 is 2.60 bits per heavy atom. The monoisotopic (exact) mass is 286 g/mol. The summed E-state index contributed by atoms with van der Waals surface area (Å²) in [5.41, 5.74) is 0. The van der Waals surface area contributed by atoms with Crippen LogP contribution < -0.4 is 10.6 Å². The van der Waals surface area contributed by atoms with Crippen molar-refractivity contribution in [2.24, 2.45) is 11.8 Å². The molecular formula is C14H26N2O4. The summed E-state index contributed by atoms with van der Waals surface area (Å²) in [6.45, 7) is 5.33. The quantitative estimate of drug-likeness (QED) is 0.663. The molecule has 1 aliphatic rings. The van der Waals surface area contributed by atoms with Crippen molar-refractivity contribution < 1.29 is 19.4 Å². The Morgan fingerprint density at radius 2 is 2.05 bits per heavy atom. The van der Waals surface area contributed by atoms with Crippen LogP contribution in [0.4, 0.5) is 4.79 Å². The van der Waals surface area contributed by atoms with Crippen molar-refractivity contribution >= 4 is 12.0 Å². The summed E-state index contributed by atoms with van der Waals surface area (Å²) in [7, 11) is 0. The highest BCUT2D eigenvalue weighted by Crippen LogP contribution is 2.12. The maximum Gasteiger partial charge on any atom is 0.314 e. The Hall–Kier alpha value is -1.30. The van der Waals surface area contributed by atoms with Crippen LogP contribution in [0.25, 0.3) is 0 Å². The third-order valence-electron chi connectivity index (χ3n) is 3.38. The molecule has 116 valence electrons. The molecule has 2 atom stereocenters. The average Bonchev–Trinajstić information content (AvgIpc) is 2.41. The molecule has 0 saturated carbocycles.